The molecule has 2 amide bonds. The van der Waals surface area contributed by atoms with Crippen LogP contribution in [0.3, 0.4) is 0 Å². The van der Waals surface area contributed by atoms with Crippen molar-refractivity contribution in [1.29, 1.82) is 5.26 Å². The summed E-state index contributed by atoms with van der Waals surface area (Å²) in [5.41, 5.74) is 1.69. The van der Waals surface area contributed by atoms with Crippen molar-refractivity contribution in [3.8, 4) is 17.2 Å². The first-order valence-electron chi connectivity index (χ1n) is 9.48. The largest absolute Gasteiger partial charge is 0.341 e. The van der Waals surface area contributed by atoms with Gasteiger partial charge in [0.15, 0.2) is 9.84 Å². The summed E-state index contributed by atoms with van der Waals surface area (Å²) in [6.07, 6.45) is 1.57. The van der Waals surface area contributed by atoms with Gasteiger partial charge in [0.2, 0.25) is 5.91 Å². The zero-order valence-electron chi connectivity index (χ0n) is 17.2. The van der Waals surface area contributed by atoms with E-state index in [1.54, 1.807) is 42.5 Å². The number of hydrogen-bond acceptors (Lipinski definition) is 5. The summed E-state index contributed by atoms with van der Waals surface area (Å²) in [6.45, 7) is 3.74. The molecule has 0 aliphatic rings. The first kappa shape index (κ1) is 23.1. The van der Waals surface area contributed by atoms with Crippen molar-refractivity contribution in [2.24, 2.45) is 5.92 Å². The lowest BCUT2D eigenvalue weighted by molar-refractivity contribution is -0.123. The SMILES string of the molecule is CC(C)C[C@H](NC(=O)c1cccc(-c2cccc(S(C)(=O)=O)c2)c1)C(=O)NCC#N. The van der Waals surface area contributed by atoms with Crippen LogP contribution < -0.4 is 10.6 Å². The van der Waals surface area contributed by atoms with Gasteiger partial charge < -0.3 is 10.6 Å². The molecule has 2 N–H and O–H groups in total. The molecule has 0 saturated heterocycles. The summed E-state index contributed by atoms with van der Waals surface area (Å²) in [6, 6.07) is 14.3. The third kappa shape index (κ3) is 6.42. The average molecular weight is 428 g/mol. The molecule has 0 fully saturated rings. The van der Waals surface area contributed by atoms with E-state index in [0.29, 0.717) is 23.1 Å². The number of rotatable bonds is 8. The van der Waals surface area contributed by atoms with Crippen LogP contribution >= 0.6 is 0 Å². The Kier molecular flexibility index (Phi) is 7.72. The van der Waals surface area contributed by atoms with Crippen LogP contribution in [0.1, 0.15) is 30.6 Å². The first-order chi connectivity index (χ1) is 14.1. The van der Waals surface area contributed by atoms with Crippen molar-refractivity contribution < 1.29 is 18.0 Å². The van der Waals surface area contributed by atoms with Gasteiger partial charge in [-0.3, -0.25) is 9.59 Å². The lowest BCUT2D eigenvalue weighted by atomic mass is 10.0. The van der Waals surface area contributed by atoms with E-state index < -0.39 is 27.7 Å². The summed E-state index contributed by atoms with van der Waals surface area (Å²) in [5.74, 6) is -0.669. The lowest BCUT2D eigenvalue weighted by Crippen LogP contribution is -2.47. The highest BCUT2D eigenvalue weighted by Crippen LogP contribution is 2.23. The van der Waals surface area contributed by atoms with E-state index in [1.165, 1.54) is 6.07 Å². The molecule has 158 valence electrons. The minimum Gasteiger partial charge on any atom is -0.341 e. The summed E-state index contributed by atoms with van der Waals surface area (Å²) in [5, 5.41) is 13.9. The van der Waals surface area contributed by atoms with E-state index >= 15 is 0 Å². The van der Waals surface area contributed by atoms with Gasteiger partial charge in [0, 0.05) is 11.8 Å². The van der Waals surface area contributed by atoms with Crippen molar-refractivity contribution in [2.75, 3.05) is 12.8 Å². The number of amides is 2. The fourth-order valence-electron chi connectivity index (χ4n) is 2.94. The van der Waals surface area contributed by atoms with Crippen LogP contribution in [-0.2, 0) is 14.6 Å². The highest BCUT2D eigenvalue weighted by Gasteiger charge is 2.22. The van der Waals surface area contributed by atoms with Crippen molar-refractivity contribution >= 4 is 21.7 Å². The van der Waals surface area contributed by atoms with Crippen LogP contribution in [0.25, 0.3) is 11.1 Å². The van der Waals surface area contributed by atoms with Crippen molar-refractivity contribution in [3.63, 3.8) is 0 Å². The highest BCUT2D eigenvalue weighted by atomic mass is 32.2. The summed E-state index contributed by atoms with van der Waals surface area (Å²) in [7, 11) is -3.35. The molecule has 7 nitrogen and oxygen atoms in total. The molecule has 2 rings (SSSR count). The molecule has 0 aliphatic heterocycles. The molecular weight excluding hydrogens is 402 g/mol. The van der Waals surface area contributed by atoms with Crippen molar-refractivity contribution in [2.45, 2.75) is 31.2 Å². The van der Waals surface area contributed by atoms with Gasteiger partial charge in [-0.15, -0.1) is 0 Å². The number of benzene rings is 2. The van der Waals surface area contributed by atoms with Gasteiger partial charge in [0.1, 0.15) is 12.6 Å². The number of sulfone groups is 1. The minimum absolute atomic E-state index is 0.130. The molecule has 2 aromatic carbocycles. The van der Waals surface area contributed by atoms with Gasteiger partial charge in [0.25, 0.3) is 5.91 Å². The van der Waals surface area contributed by atoms with Gasteiger partial charge in [-0.1, -0.05) is 38.1 Å². The first-order valence-corrected chi connectivity index (χ1v) is 11.4. The molecule has 30 heavy (non-hydrogen) atoms. The van der Waals surface area contributed by atoms with E-state index in [0.717, 1.165) is 6.26 Å². The number of carbonyl (C=O) groups excluding carboxylic acids is 2. The van der Waals surface area contributed by atoms with Gasteiger partial charge in [-0.05, 0) is 47.7 Å². The predicted octanol–water partition coefficient (Wildman–Crippen LogP) is 2.54. The van der Waals surface area contributed by atoms with Gasteiger partial charge in [0.05, 0.1) is 11.0 Å². The number of nitrogens with one attached hydrogen (secondary N) is 2. The number of carbonyl (C=O) groups is 2. The Morgan fingerprint density at radius 2 is 1.70 bits per heavy atom. The van der Waals surface area contributed by atoms with Gasteiger partial charge >= 0.3 is 0 Å². The smallest absolute Gasteiger partial charge is 0.251 e. The molecule has 0 aromatic heterocycles. The van der Waals surface area contributed by atoms with Crippen LogP contribution in [0, 0.1) is 17.2 Å². The fourth-order valence-corrected chi connectivity index (χ4v) is 3.61. The molecule has 0 unspecified atom stereocenters. The molecule has 0 radical (unpaired) electrons. The highest BCUT2D eigenvalue weighted by molar-refractivity contribution is 7.90. The zero-order valence-corrected chi connectivity index (χ0v) is 18.0. The van der Waals surface area contributed by atoms with Crippen LogP contribution in [-0.4, -0.2) is 39.1 Å². The van der Waals surface area contributed by atoms with Crippen molar-refractivity contribution in [1.82, 2.24) is 10.6 Å². The molecule has 0 aliphatic carbocycles. The van der Waals surface area contributed by atoms with Crippen LogP contribution in [0.15, 0.2) is 53.4 Å². The van der Waals surface area contributed by atoms with Crippen molar-refractivity contribution in [3.05, 3.63) is 54.1 Å². The predicted molar refractivity (Wildman–Crippen MR) is 114 cm³/mol. The summed E-state index contributed by atoms with van der Waals surface area (Å²) in [4.78, 5) is 25.3. The molecule has 0 saturated carbocycles. The molecule has 0 heterocycles. The Balaban J connectivity index is 2.27. The number of nitriles is 1. The van der Waals surface area contributed by atoms with Crippen LogP contribution in [0.5, 0.6) is 0 Å². The quantitative estimate of drug-likeness (QED) is 0.628. The molecule has 2 aromatic rings. The average Bonchev–Trinajstić information content (AvgIpc) is 2.70. The second kappa shape index (κ2) is 10.0. The Labute approximate surface area is 177 Å². The minimum atomic E-state index is -3.35. The third-order valence-corrected chi connectivity index (χ3v) is 5.50. The van der Waals surface area contributed by atoms with E-state index in [9.17, 15) is 18.0 Å². The van der Waals surface area contributed by atoms with Crippen LogP contribution in [0.2, 0.25) is 0 Å². The molecule has 0 spiro atoms. The number of hydrogen-bond donors (Lipinski definition) is 2. The maximum absolute atomic E-state index is 12.8. The molecular formula is C22H25N3O4S. The number of nitrogens with zero attached hydrogens (tertiary/aromatic N) is 1. The van der Waals surface area contributed by atoms with E-state index in [2.05, 4.69) is 10.6 Å². The second-order valence-corrected chi connectivity index (χ2v) is 9.43. The molecule has 1 atom stereocenters. The molecule has 8 heteroatoms. The van der Waals surface area contributed by atoms with Crippen LogP contribution in [0.4, 0.5) is 0 Å². The Hall–Kier alpha value is -3.18. The topological polar surface area (TPSA) is 116 Å². The third-order valence-electron chi connectivity index (χ3n) is 4.39. The fraction of sp³-hybridized carbons (Fsp3) is 0.318. The monoisotopic (exact) mass is 427 g/mol. The second-order valence-electron chi connectivity index (χ2n) is 7.41. The van der Waals surface area contributed by atoms with E-state index in [1.807, 2.05) is 19.9 Å². The Morgan fingerprint density at radius 1 is 1.07 bits per heavy atom. The molecule has 0 bridgehead atoms. The van der Waals surface area contributed by atoms with Gasteiger partial charge in [-0.2, -0.15) is 5.26 Å². The summed E-state index contributed by atoms with van der Waals surface area (Å²) >= 11 is 0. The maximum atomic E-state index is 12.8. The normalized spacial score (nSPS) is 12.1. The summed E-state index contributed by atoms with van der Waals surface area (Å²) < 4.78 is 23.6. The standard InChI is InChI=1S/C22H25N3O4S/c1-15(2)12-20(22(27)24-11-10-23)25-21(26)18-8-4-6-16(13-18)17-7-5-9-19(14-17)30(3,28)29/h4-9,13-15,20H,11-12H2,1-3H3,(H,24,27)(H,25,26)/t20-/m0/s1. The van der Waals surface area contributed by atoms with Gasteiger partial charge in [-0.25, -0.2) is 8.42 Å². The van der Waals surface area contributed by atoms with E-state index in [4.69, 9.17) is 5.26 Å². The van der Waals surface area contributed by atoms with E-state index in [-0.39, 0.29) is 17.4 Å². The Morgan fingerprint density at radius 3 is 2.30 bits per heavy atom. The Bertz CT molecular complexity index is 1070. The lowest BCUT2D eigenvalue weighted by Gasteiger charge is -2.19. The zero-order chi connectivity index (χ0) is 22.3. The maximum Gasteiger partial charge on any atom is 0.251 e.